The van der Waals surface area contributed by atoms with Gasteiger partial charge in [0.15, 0.2) is 0 Å². The summed E-state index contributed by atoms with van der Waals surface area (Å²) in [4.78, 5) is 22.9. The molecule has 0 aliphatic carbocycles. The average Bonchev–Trinajstić information content (AvgIpc) is 2.35. The molecule has 0 aliphatic heterocycles. The van der Waals surface area contributed by atoms with Crippen molar-refractivity contribution in [2.24, 2.45) is 0 Å². The van der Waals surface area contributed by atoms with E-state index in [0.717, 1.165) is 19.4 Å². The first-order valence-electron chi connectivity index (χ1n) is 7.20. The first-order chi connectivity index (χ1) is 9.06. The molecule has 0 unspecified atom stereocenters. The second-order valence-corrected chi connectivity index (χ2v) is 4.88. The largest absolute Gasteiger partial charge is 1.00 e. The van der Waals surface area contributed by atoms with Gasteiger partial charge in [0, 0.05) is 19.1 Å². The van der Waals surface area contributed by atoms with Crippen molar-refractivity contribution >= 4 is 11.9 Å². The van der Waals surface area contributed by atoms with Gasteiger partial charge in [0.25, 0.3) is 0 Å². The number of unbranched alkanes of at least 4 members (excludes halogenated alkanes) is 5. The summed E-state index contributed by atoms with van der Waals surface area (Å²) in [5.74, 6) is -1.93. The van der Waals surface area contributed by atoms with Gasteiger partial charge in [0.05, 0.1) is 6.42 Å². The Balaban J connectivity index is 0. The van der Waals surface area contributed by atoms with Gasteiger partial charge in [-0.15, -0.1) is 0 Å². The number of carboxylic acids is 2. The third kappa shape index (κ3) is 16.0. The van der Waals surface area contributed by atoms with E-state index in [1.54, 1.807) is 0 Å². The molecule has 0 radical (unpaired) electrons. The predicted octanol–water partition coefficient (Wildman–Crippen LogP) is -1.73. The minimum Gasteiger partial charge on any atom is -0.550 e. The first-order valence-corrected chi connectivity index (χ1v) is 7.20. The van der Waals surface area contributed by atoms with Gasteiger partial charge in [-0.05, 0) is 19.4 Å². The Kier molecular flexibility index (Phi) is 17.0. The number of rotatable bonds is 13. The van der Waals surface area contributed by atoms with Crippen LogP contribution in [0.15, 0.2) is 0 Å². The summed E-state index contributed by atoms with van der Waals surface area (Å²) in [6, 6.07) is 0. The minimum absolute atomic E-state index is 0. The maximum absolute atomic E-state index is 10.5. The Morgan fingerprint density at radius 1 is 0.950 bits per heavy atom. The molecular formula is C14H26NNaO4. The van der Waals surface area contributed by atoms with Gasteiger partial charge < -0.3 is 19.9 Å². The molecule has 0 aromatic rings. The van der Waals surface area contributed by atoms with E-state index in [1.807, 2.05) is 4.90 Å². The predicted molar refractivity (Wildman–Crippen MR) is 71.7 cm³/mol. The molecule has 0 amide bonds. The molecule has 0 bridgehead atoms. The van der Waals surface area contributed by atoms with E-state index in [4.69, 9.17) is 5.11 Å². The fourth-order valence-corrected chi connectivity index (χ4v) is 1.95. The zero-order chi connectivity index (χ0) is 14.5. The second-order valence-electron chi connectivity index (χ2n) is 4.88. The van der Waals surface area contributed by atoms with Crippen LogP contribution in [0.3, 0.4) is 0 Å². The van der Waals surface area contributed by atoms with Crippen LogP contribution in [0.25, 0.3) is 0 Å². The molecule has 0 atom stereocenters. The van der Waals surface area contributed by atoms with Crippen LogP contribution >= 0.6 is 0 Å². The fourth-order valence-electron chi connectivity index (χ4n) is 1.95. The quantitative estimate of drug-likeness (QED) is 0.322. The SMILES string of the molecule is CCCCCCCCN(CCC(=O)[O-])CCC(=O)O.[Na+]. The molecule has 0 fully saturated rings. The molecule has 6 heteroatoms. The van der Waals surface area contributed by atoms with Gasteiger partial charge in [-0.3, -0.25) is 4.79 Å². The van der Waals surface area contributed by atoms with Gasteiger partial charge in [-0.25, -0.2) is 0 Å². The Morgan fingerprint density at radius 3 is 2.05 bits per heavy atom. The number of hydrogen-bond acceptors (Lipinski definition) is 4. The molecule has 0 aliphatic rings. The minimum atomic E-state index is -1.08. The Bertz CT molecular complexity index is 244. The Morgan fingerprint density at radius 2 is 1.50 bits per heavy atom. The van der Waals surface area contributed by atoms with Gasteiger partial charge in [0.1, 0.15) is 0 Å². The molecule has 0 spiro atoms. The summed E-state index contributed by atoms with van der Waals surface area (Å²) in [6.07, 6.45) is 7.05. The van der Waals surface area contributed by atoms with Crippen molar-refractivity contribution in [2.45, 2.75) is 58.3 Å². The van der Waals surface area contributed by atoms with Gasteiger partial charge in [-0.2, -0.15) is 0 Å². The molecule has 0 aromatic heterocycles. The molecule has 0 aromatic carbocycles. The van der Waals surface area contributed by atoms with Gasteiger partial charge in [0.2, 0.25) is 0 Å². The number of carbonyl (C=O) groups is 2. The van der Waals surface area contributed by atoms with Crippen molar-refractivity contribution in [2.75, 3.05) is 19.6 Å². The van der Waals surface area contributed by atoms with E-state index in [9.17, 15) is 14.7 Å². The second kappa shape index (κ2) is 15.3. The third-order valence-electron chi connectivity index (χ3n) is 3.10. The van der Waals surface area contributed by atoms with E-state index < -0.39 is 11.9 Å². The van der Waals surface area contributed by atoms with Crippen LogP contribution in [-0.4, -0.2) is 41.6 Å². The van der Waals surface area contributed by atoms with Crippen molar-refractivity contribution < 1.29 is 49.4 Å². The molecule has 0 saturated heterocycles. The van der Waals surface area contributed by atoms with Crippen LogP contribution in [0.4, 0.5) is 0 Å². The Hall–Kier alpha value is -0.100. The normalized spacial score (nSPS) is 10.3. The molecule has 0 rings (SSSR count). The molecular weight excluding hydrogens is 269 g/mol. The number of carbonyl (C=O) groups excluding carboxylic acids is 1. The third-order valence-corrected chi connectivity index (χ3v) is 3.10. The van der Waals surface area contributed by atoms with Crippen molar-refractivity contribution in [3.8, 4) is 0 Å². The van der Waals surface area contributed by atoms with Crippen LogP contribution < -0.4 is 34.7 Å². The van der Waals surface area contributed by atoms with Crippen molar-refractivity contribution in [3.05, 3.63) is 0 Å². The fraction of sp³-hybridized carbons (Fsp3) is 0.857. The van der Waals surface area contributed by atoms with Crippen LogP contribution in [0.1, 0.15) is 58.3 Å². The van der Waals surface area contributed by atoms with Gasteiger partial charge >= 0.3 is 35.5 Å². The van der Waals surface area contributed by atoms with E-state index in [1.165, 1.54) is 25.7 Å². The summed E-state index contributed by atoms with van der Waals surface area (Å²) in [5, 5.41) is 19.1. The molecule has 1 N–H and O–H groups in total. The molecule has 0 saturated carbocycles. The monoisotopic (exact) mass is 295 g/mol. The Labute approximate surface area is 144 Å². The molecule has 0 heterocycles. The van der Waals surface area contributed by atoms with Gasteiger partial charge in [-0.1, -0.05) is 39.0 Å². The summed E-state index contributed by atoms with van der Waals surface area (Å²) < 4.78 is 0. The summed E-state index contributed by atoms with van der Waals surface area (Å²) >= 11 is 0. The van der Waals surface area contributed by atoms with Crippen LogP contribution in [0.2, 0.25) is 0 Å². The van der Waals surface area contributed by atoms with Crippen LogP contribution in [-0.2, 0) is 9.59 Å². The number of aliphatic carboxylic acids is 2. The van der Waals surface area contributed by atoms with Crippen LogP contribution in [0.5, 0.6) is 0 Å². The summed E-state index contributed by atoms with van der Waals surface area (Å²) in [6.45, 7) is 3.74. The number of nitrogens with zero attached hydrogens (tertiary/aromatic N) is 1. The van der Waals surface area contributed by atoms with E-state index in [-0.39, 0.29) is 42.4 Å². The van der Waals surface area contributed by atoms with Crippen LogP contribution in [0, 0.1) is 0 Å². The zero-order valence-electron chi connectivity index (χ0n) is 12.9. The molecule has 112 valence electrons. The van der Waals surface area contributed by atoms with E-state index in [2.05, 4.69) is 6.92 Å². The smallest absolute Gasteiger partial charge is 0.550 e. The number of hydrogen-bond donors (Lipinski definition) is 1. The van der Waals surface area contributed by atoms with E-state index in [0.29, 0.717) is 13.1 Å². The first kappa shape index (κ1) is 22.2. The maximum Gasteiger partial charge on any atom is 1.00 e. The summed E-state index contributed by atoms with van der Waals surface area (Å²) in [5.41, 5.74) is 0. The standard InChI is InChI=1S/C14H27NO4.Na/c1-2-3-4-5-6-7-10-15(11-8-13(16)17)12-9-14(18)19;/h2-12H2,1H3,(H,16,17)(H,18,19);/q;+1/p-1. The van der Waals surface area contributed by atoms with E-state index >= 15 is 0 Å². The topological polar surface area (TPSA) is 80.7 Å². The molecule has 5 nitrogen and oxygen atoms in total. The van der Waals surface area contributed by atoms with Crippen molar-refractivity contribution in [1.29, 1.82) is 0 Å². The maximum atomic E-state index is 10.5. The zero-order valence-corrected chi connectivity index (χ0v) is 14.9. The van der Waals surface area contributed by atoms with Crippen molar-refractivity contribution in [1.82, 2.24) is 4.90 Å². The average molecular weight is 295 g/mol. The number of carboxylic acid groups (broad SMARTS) is 2. The van der Waals surface area contributed by atoms with Crippen molar-refractivity contribution in [3.63, 3.8) is 0 Å². The molecule has 20 heavy (non-hydrogen) atoms. The summed E-state index contributed by atoms with van der Waals surface area (Å²) in [7, 11) is 0.